The molecule has 8 heteroatoms. The lowest BCUT2D eigenvalue weighted by atomic mass is 10.1. The fraction of sp³-hybridized carbons (Fsp3) is 0.129. The van der Waals surface area contributed by atoms with Gasteiger partial charge in [-0.25, -0.2) is 0 Å². The van der Waals surface area contributed by atoms with E-state index in [0.29, 0.717) is 30.4 Å². The molecule has 196 valence electrons. The maximum atomic E-state index is 12.8. The van der Waals surface area contributed by atoms with E-state index in [0.717, 1.165) is 33.2 Å². The van der Waals surface area contributed by atoms with Crippen LogP contribution in [0.25, 0.3) is 16.8 Å². The van der Waals surface area contributed by atoms with Crippen molar-refractivity contribution >= 4 is 51.4 Å². The van der Waals surface area contributed by atoms with E-state index in [9.17, 15) is 14.4 Å². The van der Waals surface area contributed by atoms with Gasteiger partial charge in [-0.05, 0) is 89.1 Å². The first kappa shape index (κ1) is 26.1. The van der Waals surface area contributed by atoms with E-state index in [1.807, 2.05) is 49.4 Å². The third kappa shape index (κ3) is 6.48. The number of anilines is 1. The van der Waals surface area contributed by atoms with Gasteiger partial charge in [0.2, 0.25) is 5.91 Å². The first-order chi connectivity index (χ1) is 19.0. The summed E-state index contributed by atoms with van der Waals surface area (Å²) in [6.07, 6.45) is 1.64. The van der Waals surface area contributed by atoms with E-state index in [1.54, 1.807) is 30.3 Å². The van der Waals surface area contributed by atoms with E-state index in [-0.39, 0.29) is 11.4 Å². The van der Waals surface area contributed by atoms with Crippen molar-refractivity contribution in [2.45, 2.75) is 13.5 Å². The second kappa shape index (κ2) is 11.9. The van der Waals surface area contributed by atoms with Crippen LogP contribution in [-0.2, 0) is 16.2 Å². The number of imide groups is 1. The zero-order chi connectivity index (χ0) is 27.2. The van der Waals surface area contributed by atoms with Crippen LogP contribution in [0.2, 0.25) is 0 Å². The van der Waals surface area contributed by atoms with Gasteiger partial charge in [0.05, 0.1) is 11.5 Å². The van der Waals surface area contributed by atoms with Gasteiger partial charge in [0, 0.05) is 5.69 Å². The zero-order valence-electron chi connectivity index (χ0n) is 21.3. The summed E-state index contributed by atoms with van der Waals surface area (Å²) in [5.41, 5.74) is 2.37. The summed E-state index contributed by atoms with van der Waals surface area (Å²) in [5, 5.41) is 4.56. The van der Waals surface area contributed by atoms with Crippen LogP contribution in [0.4, 0.5) is 10.5 Å². The molecular formula is C31H26N2O5S. The van der Waals surface area contributed by atoms with E-state index in [1.165, 1.54) is 5.39 Å². The van der Waals surface area contributed by atoms with E-state index in [2.05, 4.69) is 29.6 Å². The lowest BCUT2D eigenvalue weighted by molar-refractivity contribution is -0.127. The Kier molecular flexibility index (Phi) is 7.94. The molecule has 39 heavy (non-hydrogen) atoms. The normalized spacial score (nSPS) is 14.2. The van der Waals surface area contributed by atoms with Gasteiger partial charge in [-0.3, -0.25) is 19.3 Å². The summed E-state index contributed by atoms with van der Waals surface area (Å²) in [5.74, 6) is 0.426. The predicted octanol–water partition coefficient (Wildman–Crippen LogP) is 6.49. The number of hydrogen-bond donors (Lipinski definition) is 1. The number of amides is 3. The number of benzene rings is 4. The van der Waals surface area contributed by atoms with Crippen molar-refractivity contribution in [2.24, 2.45) is 0 Å². The number of thioether (sulfide) groups is 1. The van der Waals surface area contributed by atoms with Crippen LogP contribution in [0.1, 0.15) is 18.1 Å². The van der Waals surface area contributed by atoms with Crippen LogP contribution in [0.5, 0.6) is 11.5 Å². The minimum Gasteiger partial charge on any atom is -0.494 e. The fourth-order valence-electron chi connectivity index (χ4n) is 4.09. The molecule has 7 nitrogen and oxygen atoms in total. The Morgan fingerprint density at radius 3 is 2.31 bits per heavy atom. The molecule has 1 aliphatic heterocycles. The molecule has 4 aromatic rings. The molecule has 0 atom stereocenters. The third-order valence-corrected chi connectivity index (χ3v) is 6.93. The molecule has 0 saturated carbocycles. The summed E-state index contributed by atoms with van der Waals surface area (Å²) in [6, 6.07) is 28.6. The molecule has 1 fully saturated rings. The van der Waals surface area contributed by atoms with Gasteiger partial charge >= 0.3 is 0 Å². The van der Waals surface area contributed by atoms with Gasteiger partial charge in [0.25, 0.3) is 11.1 Å². The number of carbonyl (C=O) groups is 3. The average Bonchev–Trinajstić information content (AvgIpc) is 3.21. The van der Waals surface area contributed by atoms with Crippen LogP contribution in [0, 0.1) is 0 Å². The number of fused-ring (bicyclic) bond motifs is 1. The molecule has 4 aromatic carbocycles. The maximum Gasteiger partial charge on any atom is 0.294 e. The Balaban J connectivity index is 1.16. The quantitative estimate of drug-likeness (QED) is 0.245. The zero-order valence-corrected chi connectivity index (χ0v) is 22.1. The molecule has 5 rings (SSSR count). The number of nitrogens with zero attached hydrogens (tertiary/aromatic N) is 1. The second-order valence-electron chi connectivity index (χ2n) is 8.81. The lowest BCUT2D eigenvalue weighted by Crippen LogP contribution is -2.36. The minimum atomic E-state index is -0.497. The standard InChI is InChI=1S/C31H26N2O5S/c1-2-37-26-15-11-25(12-16-26)32-29(34)19-33-30(35)28(39-31(33)36)18-21-8-13-27(14-9-21)38-20-22-7-10-23-5-3-4-6-24(23)17-22/h3-18H,2,19-20H2,1H3,(H,32,34)/b28-18+. The molecule has 1 N–H and O–H groups in total. The van der Waals surface area contributed by atoms with Crippen molar-refractivity contribution < 1.29 is 23.9 Å². The number of rotatable bonds is 9. The lowest BCUT2D eigenvalue weighted by Gasteiger charge is -2.12. The summed E-state index contributed by atoms with van der Waals surface area (Å²) in [6.45, 7) is 2.50. The molecule has 0 radical (unpaired) electrons. The van der Waals surface area contributed by atoms with Gasteiger partial charge in [-0.2, -0.15) is 0 Å². The molecule has 0 aliphatic carbocycles. The highest BCUT2D eigenvalue weighted by Gasteiger charge is 2.36. The maximum absolute atomic E-state index is 12.8. The van der Waals surface area contributed by atoms with Crippen LogP contribution >= 0.6 is 11.8 Å². The van der Waals surface area contributed by atoms with E-state index >= 15 is 0 Å². The van der Waals surface area contributed by atoms with Gasteiger partial charge in [0.1, 0.15) is 24.7 Å². The minimum absolute atomic E-state index is 0.263. The Morgan fingerprint density at radius 1 is 0.872 bits per heavy atom. The van der Waals surface area contributed by atoms with Gasteiger partial charge in [-0.15, -0.1) is 0 Å². The third-order valence-electron chi connectivity index (χ3n) is 6.02. The second-order valence-corrected chi connectivity index (χ2v) is 9.81. The summed E-state index contributed by atoms with van der Waals surface area (Å²) >= 11 is 0.816. The monoisotopic (exact) mass is 538 g/mol. The van der Waals surface area contributed by atoms with Crippen molar-refractivity contribution in [3.05, 3.63) is 107 Å². The van der Waals surface area contributed by atoms with Crippen molar-refractivity contribution in [1.29, 1.82) is 0 Å². The SMILES string of the molecule is CCOc1ccc(NC(=O)CN2C(=O)S/C(=C/c3ccc(OCc4ccc5ccccc5c4)cc3)C2=O)cc1. The fourth-order valence-corrected chi connectivity index (χ4v) is 4.93. The van der Waals surface area contributed by atoms with E-state index in [4.69, 9.17) is 9.47 Å². The average molecular weight is 539 g/mol. The highest BCUT2D eigenvalue weighted by atomic mass is 32.2. The first-order valence-corrected chi connectivity index (χ1v) is 13.3. The molecule has 0 spiro atoms. The predicted molar refractivity (Wildman–Crippen MR) is 154 cm³/mol. The van der Waals surface area contributed by atoms with Gasteiger partial charge in [0.15, 0.2) is 0 Å². The van der Waals surface area contributed by atoms with Gasteiger partial charge < -0.3 is 14.8 Å². The summed E-state index contributed by atoms with van der Waals surface area (Å²) < 4.78 is 11.3. The van der Waals surface area contributed by atoms with Crippen molar-refractivity contribution in [1.82, 2.24) is 4.90 Å². The number of carbonyl (C=O) groups excluding carboxylic acids is 3. The Morgan fingerprint density at radius 2 is 1.56 bits per heavy atom. The van der Waals surface area contributed by atoms with Gasteiger partial charge in [-0.1, -0.05) is 48.5 Å². The number of hydrogen-bond acceptors (Lipinski definition) is 6. The summed E-state index contributed by atoms with van der Waals surface area (Å²) in [4.78, 5) is 39.0. The van der Waals surface area contributed by atoms with Crippen LogP contribution < -0.4 is 14.8 Å². The molecule has 0 aromatic heterocycles. The largest absolute Gasteiger partial charge is 0.494 e. The molecule has 1 heterocycles. The van der Waals surface area contributed by atoms with Crippen molar-refractivity contribution in [2.75, 3.05) is 18.5 Å². The first-order valence-electron chi connectivity index (χ1n) is 12.5. The van der Waals surface area contributed by atoms with Crippen LogP contribution in [0.3, 0.4) is 0 Å². The number of nitrogens with one attached hydrogen (secondary N) is 1. The Labute approximate surface area is 230 Å². The van der Waals surface area contributed by atoms with E-state index < -0.39 is 17.1 Å². The number of ether oxygens (including phenoxy) is 2. The van der Waals surface area contributed by atoms with Crippen molar-refractivity contribution in [3.8, 4) is 11.5 Å². The molecule has 1 aliphatic rings. The Bertz CT molecular complexity index is 1550. The summed E-state index contributed by atoms with van der Waals surface area (Å²) in [7, 11) is 0. The molecule has 1 saturated heterocycles. The highest BCUT2D eigenvalue weighted by Crippen LogP contribution is 2.32. The topological polar surface area (TPSA) is 84.9 Å². The van der Waals surface area contributed by atoms with Crippen LogP contribution in [-0.4, -0.2) is 35.1 Å². The molecular weight excluding hydrogens is 512 g/mol. The van der Waals surface area contributed by atoms with Crippen molar-refractivity contribution in [3.63, 3.8) is 0 Å². The van der Waals surface area contributed by atoms with Crippen LogP contribution in [0.15, 0.2) is 95.9 Å². The smallest absolute Gasteiger partial charge is 0.294 e. The highest BCUT2D eigenvalue weighted by molar-refractivity contribution is 8.18. The Hall–Kier alpha value is -4.56. The molecule has 0 bridgehead atoms. The molecule has 3 amide bonds. The molecule has 0 unspecified atom stereocenters.